The number of nitrogens with zero attached hydrogens (tertiary/aromatic N) is 6. The topological polar surface area (TPSA) is 89.6 Å². The average molecular weight is 206 g/mol. The zero-order valence-corrected chi connectivity index (χ0v) is 7.98. The third-order valence-electron chi connectivity index (χ3n) is 1.44. The molecule has 2 aromatic heterocycles. The van der Waals surface area contributed by atoms with Crippen molar-refractivity contribution < 1.29 is 5.11 Å². The van der Waals surface area contributed by atoms with Crippen molar-refractivity contribution in [3.8, 4) is 5.82 Å². The van der Waals surface area contributed by atoms with Crippen LogP contribution in [0.1, 0.15) is 5.69 Å². The van der Waals surface area contributed by atoms with E-state index >= 15 is 0 Å². The fourth-order valence-corrected chi connectivity index (χ4v) is 0.814. The van der Waals surface area contributed by atoms with Crippen LogP contribution < -0.4 is 0 Å². The molecular weight excluding hydrogens is 196 g/mol. The Hall–Kier alpha value is -2.15. The van der Waals surface area contributed by atoms with Crippen LogP contribution in [0.3, 0.4) is 0 Å². The van der Waals surface area contributed by atoms with E-state index in [1.165, 1.54) is 23.4 Å². The second-order valence-electron chi connectivity index (χ2n) is 2.28. The van der Waals surface area contributed by atoms with Crippen LogP contribution in [0.4, 0.5) is 0 Å². The van der Waals surface area contributed by atoms with Gasteiger partial charge in [-0.05, 0) is 10.4 Å². The molecular formula is C8H10N6O. The predicted octanol–water partition coefficient (Wildman–Crippen LogP) is -0.253. The molecule has 0 aliphatic carbocycles. The van der Waals surface area contributed by atoms with Crippen LogP contribution in [-0.2, 0) is 6.61 Å². The van der Waals surface area contributed by atoms with E-state index in [1.807, 2.05) is 0 Å². The van der Waals surface area contributed by atoms with Crippen molar-refractivity contribution in [3.63, 3.8) is 0 Å². The van der Waals surface area contributed by atoms with Crippen LogP contribution in [0.2, 0.25) is 0 Å². The number of tetrazole rings is 1. The maximum Gasteiger partial charge on any atom is 0.175 e. The lowest BCUT2D eigenvalue weighted by Gasteiger charge is -1.97. The summed E-state index contributed by atoms with van der Waals surface area (Å²) in [5.41, 5.74) is 0.511. The van der Waals surface area contributed by atoms with Crippen LogP contribution in [0.15, 0.2) is 31.9 Å². The van der Waals surface area contributed by atoms with Gasteiger partial charge >= 0.3 is 0 Å². The normalized spacial score (nSPS) is 9.13. The third-order valence-corrected chi connectivity index (χ3v) is 1.44. The lowest BCUT2D eigenvalue weighted by molar-refractivity contribution is 0.276. The van der Waals surface area contributed by atoms with Crippen LogP contribution in [0, 0.1) is 0 Å². The highest BCUT2D eigenvalue weighted by Crippen LogP contribution is 1.98. The molecule has 15 heavy (non-hydrogen) atoms. The Bertz CT molecular complexity index is 384. The first-order valence-electron chi connectivity index (χ1n) is 4.05. The second kappa shape index (κ2) is 5.55. The fourth-order valence-electron chi connectivity index (χ4n) is 0.814. The fraction of sp³-hybridized carbons (Fsp3) is 0.125. The smallest absolute Gasteiger partial charge is 0.175 e. The number of aromatic nitrogens is 6. The summed E-state index contributed by atoms with van der Waals surface area (Å²) in [6.45, 7) is 5.88. The standard InChI is InChI=1S/C6H6N6O.C2H4/c13-3-5-1-8-6(2-7-5)12-4-9-10-11-12;1-2/h1-2,4,13H,3H2;1-2H2. The summed E-state index contributed by atoms with van der Waals surface area (Å²) in [5.74, 6) is 0.516. The second-order valence-corrected chi connectivity index (χ2v) is 2.28. The Morgan fingerprint density at radius 1 is 1.27 bits per heavy atom. The molecule has 0 saturated heterocycles. The quantitative estimate of drug-likeness (QED) is 0.681. The van der Waals surface area contributed by atoms with E-state index in [0.717, 1.165) is 0 Å². The summed E-state index contributed by atoms with van der Waals surface area (Å²) in [7, 11) is 0. The van der Waals surface area contributed by atoms with Crippen molar-refractivity contribution in [1.29, 1.82) is 0 Å². The molecule has 7 heteroatoms. The van der Waals surface area contributed by atoms with Gasteiger partial charge in [-0.15, -0.1) is 18.3 Å². The monoisotopic (exact) mass is 206 g/mol. The Morgan fingerprint density at radius 2 is 2.07 bits per heavy atom. The molecule has 0 aliphatic rings. The van der Waals surface area contributed by atoms with Gasteiger partial charge in [0.15, 0.2) is 5.82 Å². The molecule has 0 aliphatic heterocycles. The van der Waals surface area contributed by atoms with Crippen molar-refractivity contribution in [2.45, 2.75) is 6.61 Å². The minimum atomic E-state index is -0.122. The Labute approximate surface area is 86.1 Å². The molecule has 0 atom stereocenters. The van der Waals surface area contributed by atoms with Crippen molar-refractivity contribution in [1.82, 2.24) is 30.2 Å². The molecule has 0 radical (unpaired) electrons. The SMILES string of the molecule is C=C.OCc1cnc(-n2cnnn2)cn1. The van der Waals surface area contributed by atoms with Crippen molar-refractivity contribution in [3.05, 3.63) is 37.6 Å². The van der Waals surface area contributed by atoms with E-state index < -0.39 is 0 Å². The van der Waals surface area contributed by atoms with Gasteiger partial charge in [0.1, 0.15) is 6.33 Å². The average Bonchev–Trinajstić information content (AvgIpc) is 2.85. The first-order chi connectivity index (χ1) is 7.40. The summed E-state index contributed by atoms with van der Waals surface area (Å²) < 4.78 is 1.38. The van der Waals surface area contributed by atoms with Gasteiger partial charge in [-0.2, -0.15) is 4.68 Å². The molecule has 0 amide bonds. The number of aliphatic hydroxyl groups is 1. The molecule has 2 heterocycles. The number of aliphatic hydroxyl groups excluding tert-OH is 1. The molecule has 78 valence electrons. The molecule has 7 nitrogen and oxygen atoms in total. The van der Waals surface area contributed by atoms with Gasteiger partial charge < -0.3 is 5.11 Å². The van der Waals surface area contributed by atoms with E-state index in [9.17, 15) is 0 Å². The summed E-state index contributed by atoms with van der Waals surface area (Å²) in [6, 6.07) is 0. The van der Waals surface area contributed by atoms with Gasteiger partial charge in [0.2, 0.25) is 0 Å². The molecule has 0 fully saturated rings. The van der Waals surface area contributed by atoms with Crippen LogP contribution in [0.5, 0.6) is 0 Å². The van der Waals surface area contributed by atoms with Gasteiger partial charge in [-0.3, -0.25) is 4.98 Å². The largest absolute Gasteiger partial charge is 0.390 e. The van der Waals surface area contributed by atoms with Crippen molar-refractivity contribution in [2.24, 2.45) is 0 Å². The summed E-state index contributed by atoms with van der Waals surface area (Å²) >= 11 is 0. The van der Waals surface area contributed by atoms with E-state index in [0.29, 0.717) is 11.5 Å². The first-order valence-corrected chi connectivity index (χ1v) is 4.05. The Kier molecular flexibility index (Phi) is 4.05. The Morgan fingerprint density at radius 3 is 2.53 bits per heavy atom. The lowest BCUT2D eigenvalue weighted by Crippen LogP contribution is -2.01. The van der Waals surface area contributed by atoms with Gasteiger partial charge in [-0.1, -0.05) is 0 Å². The molecule has 1 N–H and O–H groups in total. The molecule has 2 rings (SSSR count). The molecule has 0 aromatic carbocycles. The van der Waals surface area contributed by atoms with Crippen molar-refractivity contribution in [2.75, 3.05) is 0 Å². The highest BCUT2D eigenvalue weighted by molar-refractivity contribution is 5.15. The number of hydrogen-bond acceptors (Lipinski definition) is 6. The number of hydrogen-bond donors (Lipinski definition) is 1. The molecule has 0 spiro atoms. The van der Waals surface area contributed by atoms with E-state index in [4.69, 9.17) is 5.11 Å². The summed E-state index contributed by atoms with van der Waals surface area (Å²) in [5, 5.41) is 19.3. The highest BCUT2D eigenvalue weighted by atomic mass is 16.3. The van der Waals surface area contributed by atoms with Crippen LogP contribution in [0.25, 0.3) is 5.82 Å². The first kappa shape index (κ1) is 10.9. The van der Waals surface area contributed by atoms with Gasteiger partial charge in [0, 0.05) is 0 Å². The van der Waals surface area contributed by atoms with E-state index in [1.54, 1.807) is 0 Å². The third kappa shape index (κ3) is 2.64. The maximum atomic E-state index is 8.71. The zero-order chi connectivity index (χ0) is 11.1. The maximum absolute atomic E-state index is 8.71. The van der Waals surface area contributed by atoms with Gasteiger partial charge in [0.25, 0.3) is 0 Å². The molecule has 2 aromatic rings. The lowest BCUT2D eigenvalue weighted by atomic mass is 10.5. The molecule has 0 bridgehead atoms. The van der Waals surface area contributed by atoms with Gasteiger partial charge in [-0.25, -0.2) is 4.98 Å². The molecule has 0 saturated carbocycles. The zero-order valence-electron chi connectivity index (χ0n) is 7.98. The van der Waals surface area contributed by atoms with Crippen LogP contribution in [-0.4, -0.2) is 35.3 Å². The van der Waals surface area contributed by atoms with Crippen LogP contribution >= 0.6 is 0 Å². The van der Waals surface area contributed by atoms with Crippen molar-refractivity contribution >= 4 is 0 Å². The minimum Gasteiger partial charge on any atom is -0.390 e. The predicted molar refractivity (Wildman–Crippen MR) is 51.9 cm³/mol. The van der Waals surface area contributed by atoms with Gasteiger partial charge in [0.05, 0.1) is 24.7 Å². The van der Waals surface area contributed by atoms with E-state index in [-0.39, 0.29) is 6.61 Å². The van der Waals surface area contributed by atoms with E-state index in [2.05, 4.69) is 38.7 Å². The summed E-state index contributed by atoms with van der Waals surface area (Å²) in [6.07, 6.45) is 4.38. The minimum absolute atomic E-state index is 0.122. The highest BCUT2D eigenvalue weighted by Gasteiger charge is 1.99. The Balaban J connectivity index is 0.000000531. The summed E-state index contributed by atoms with van der Waals surface area (Å²) in [4.78, 5) is 7.91. The molecule has 0 unspecified atom stereocenters. The number of rotatable bonds is 2.